The van der Waals surface area contributed by atoms with E-state index in [0.717, 1.165) is 37.7 Å². The first kappa shape index (κ1) is 34.3. The van der Waals surface area contributed by atoms with Crippen LogP contribution in [-0.2, 0) is 25.3 Å². The normalized spacial score (nSPS) is 26.7. The van der Waals surface area contributed by atoms with Crippen LogP contribution in [0.1, 0.15) is 110 Å². The molecule has 0 spiro atoms. The van der Waals surface area contributed by atoms with E-state index in [2.05, 4.69) is 57.5 Å². The van der Waals surface area contributed by atoms with Crippen LogP contribution in [0, 0.1) is 23.2 Å². The highest BCUT2D eigenvalue weighted by molar-refractivity contribution is 6.48. The van der Waals surface area contributed by atoms with Gasteiger partial charge in [-0.1, -0.05) is 53.2 Å². The van der Waals surface area contributed by atoms with Gasteiger partial charge in [-0.25, -0.2) is 4.79 Å². The molecule has 9 nitrogen and oxygen atoms in total. The lowest BCUT2D eigenvalue weighted by atomic mass is 9.43. The zero-order valence-corrected chi connectivity index (χ0v) is 28.3. The third-order valence-electron chi connectivity index (χ3n) is 9.86. The zero-order chi connectivity index (χ0) is 32.4. The number of unbranched alkanes of at least 4 members (excludes halogenated alkanes) is 1. The van der Waals surface area contributed by atoms with E-state index in [-0.39, 0.29) is 24.0 Å². The van der Waals surface area contributed by atoms with Crippen LogP contribution in [-0.4, -0.2) is 60.9 Å². The molecule has 5 rings (SSSR count). The zero-order valence-electron chi connectivity index (χ0n) is 28.3. The largest absolute Gasteiger partial charge is 0.481 e. The summed E-state index contributed by atoms with van der Waals surface area (Å²) < 4.78 is 18.6. The molecule has 1 heterocycles. The maximum Gasteiger partial charge on any atom is 0.481 e. The molecular weight excluding hydrogens is 557 g/mol. The summed E-state index contributed by atoms with van der Waals surface area (Å²) in [5, 5.41) is 8.63. The molecule has 44 heavy (non-hydrogen) atoms. The Morgan fingerprint density at radius 2 is 1.75 bits per heavy atom. The van der Waals surface area contributed by atoms with Crippen LogP contribution >= 0.6 is 0 Å². The number of aryl methyl sites for hydroxylation is 1. The molecule has 1 aromatic carbocycles. The number of carbonyl (C=O) groups excluding carboxylic acids is 3. The minimum atomic E-state index is -1.05. The fourth-order valence-electron chi connectivity index (χ4n) is 7.25. The molecule has 0 aromatic heterocycles. The van der Waals surface area contributed by atoms with Crippen LogP contribution in [0.5, 0.6) is 0 Å². The standard InChI is InChI=1S/C34H54BN3O6/c1-10-11-12-22-13-15-23(16-14-22)29(39)37-25(20-36-31(41)42-32(4,5)6)30(40)38-28(17-21(2)3)35-43-27-19-24-18-26(33(24,7)8)34(27,9)44-35/h13-16,21,24-28H,10-12,17-20H2,1-9H3,(H,36,41)(H,37,39)(H,38,40)/t24-,25?,26-,27+,28+,34-/m0/s1. The quantitative estimate of drug-likeness (QED) is 0.271. The number of carbonyl (C=O) groups is 3. The van der Waals surface area contributed by atoms with Gasteiger partial charge in [0.1, 0.15) is 11.6 Å². The Balaban J connectivity index is 1.48. The van der Waals surface area contributed by atoms with Crippen LogP contribution in [0.25, 0.3) is 0 Å². The molecular formula is C34H54BN3O6. The van der Waals surface area contributed by atoms with E-state index in [9.17, 15) is 14.4 Å². The monoisotopic (exact) mass is 611 g/mol. The summed E-state index contributed by atoms with van der Waals surface area (Å²) in [6.45, 7) is 18.3. The molecule has 1 saturated heterocycles. The molecule has 3 saturated carbocycles. The molecule has 2 bridgehead atoms. The summed E-state index contributed by atoms with van der Waals surface area (Å²) in [5.74, 6) is 0.0306. The smallest absolute Gasteiger partial charge is 0.444 e. The van der Waals surface area contributed by atoms with Crippen LogP contribution in [0.2, 0.25) is 0 Å². The van der Waals surface area contributed by atoms with E-state index in [4.69, 9.17) is 14.0 Å². The lowest BCUT2D eigenvalue weighted by Crippen LogP contribution is -2.65. The van der Waals surface area contributed by atoms with Crippen molar-refractivity contribution in [2.24, 2.45) is 23.2 Å². The minimum Gasteiger partial charge on any atom is -0.444 e. The molecule has 1 aliphatic heterocycles. The second-order valence-electron chi connectivity index (χ2n) is 15.3. The van der Waals surface area contributed by atoms with Gasteiger partial charge in [0.15, 0.2) is 0 Å². The van der Waals surface area contributed by atoms with Crippen LogP contribution in [0.15, 0.2) is 24.3 Å². The van der Waals surface area contributed by atoms with E-state index in [1.54, 1.807) is 32.9 Å². The van der Waals surface area contributed by atoms with Gasteiger partial charge in [-0.15, -0.1) is 0 Å². The van der Waals surface area contributed by atoms with Crippen molar-refractivity contribution in [1.29, 1.82) is 0 Å². The average Bonchev–Trinajstić information content (AvgIpc) is 3.29. The number of hydrogen-bond acceptors (Lipinski definition) is 6. The summed E-state index contributed by atoms with van der Waals surface area (Å²) in [6, 6.07) is 6.38. The highest BCUT2D eigenvalue weighted by atomic mass is 16.7. The molecule has 4 aliphatic rings. The molecule has 0 radical (unpaired) electrons. The van der Waals surface area contributed by atoms with Crippen molar-refractivity contribution in [2.45, 2.75) is 130 Å². The van der Waals surface area contributed by atoms with Gasteiger partial charge in [-0.05, 0) is 101 Å². The third kappa shape index (κ3) is 7.79. The Morgan fingerprint density at radius 3 is 2.34 bits per heavy atom. The van der Waals surface area contributed by atoms with Gasteiger partial charge in [0.2, 0.25) is 5.91 Å². The molecule has 1 unspecified atom stereocenters. The predicted molar refractivity (Wildman–Crippen MR) is 172 cm³/mol. The fraction of sp³-hybridized carbons (Fsp3) is 0.735. The first-order chi connectivity index (χ1) is 20.5. The van der Waals surface area contributed by atoms with E-state index in [1.165, 1.54) is 0 Å². The van der Waals surface area contributed by atoms with Crippen LogP contribution < -0.4 is 16.0 Å². The van der Waals surface area contributed by atoms with Gasteiger partial charge >= 0.3 is 13.2 Å². The Bertz CT molecular complexity index is 1180. The first-order valence-electron chi connectivity index (χ1n) is 16.5. The molecule has 244 valence electrons. The van der Waals surface area contributed by atoms with E-state index < -0.39 is 48.2 Å². The van der Waals surface area contributed by atoms with E-state index in [1.807, 2.05) is 12.1 Å². The summed E-state index contributed by atoms with van der Waals surface area (Å²) in [4.78, 5) is 39.7. The first-order valence-corrected chi connectivity index (χ1v) is 16.5. The van der Waals surface area contributed by atoms with E-state index >= 15 is 0 Å². The van der Waals surface area contributed by atoms with Crippen molar-refractivity contribution in [2.75, 3.05) is 6.54 Å². The number of benzene rings is 1. The van der Waals surface area contributed by atoms with Crippen molar-refractivity contribution >= 4 is 25.0 Å². The Labute approximate surface area is 264 Å². The summed E-state index contributed by atoms with van der Waals surface area (Å²) in [7, 11) is -0.600. The third-order valence-corrected chi connectivity index (χ3v) is 9.86. The molecule has 4 fully saturated rings. The topological polar surface area (TPSA) is 115 Å². The number of amides is 3. The maximum atomic E-state index is 13.9. The highest BCUT2D eigenvalue weighted by Crippen LogP contribution is 2.65. The molecule has 1 aromatic rings. The number of rotatable bonds is 12. The van der Waals surface area contributed by atoms with Gasteiger partial charge in [-0.3, -0.25) is 9.59 Å². The average molecular weight is 612 g/mol. The predicted octanol–water partition coefficient (Wildman–Crippen LogP) is 5.45. The Kier molecular flexibility index (Phi) is 10.5. The van der Waals surface area contributed by atoms with Crippen molar-refractivity contribution in [1.82, 2.24) is 16.0 Å². The summed E-state index contributed by atoms with van der Waals surface area (Å²) in [5.41, 5.74) is 0.703. The minimum absolute atomic E-state index is 0.0135. The van der Waals surface area contributed by atoms with Crippen molar-refractivity contribution in [3.8, 4) is 0 Å². The number of nitrogens with one attached hydrogen (secondary N) is 3. The molecule has 3 aliphatic carbocycles. The van der Waals surface area contributed by atoms with Crippen LogP contribution in [0.3, 0.4) is 0 Å². The molecule has 10 heteroatoms. The van der Waals surface area contributed by atoms with Gasteiger partial charge in [0, 0.05) is 5.56 Å². The van der Waals surface area contributed by atoms with Gasteiger partial charge in [0.25, 0.3) is 5.91 Å². The SMILES string of the molecule is CCCCc1ccc(C(=O)NC(CNC(=O)OC(C)(C)C)C(=O)N[C@H](CC(C)C)B2O[C@@H]3C[C@@H]4C[C@@H](C4(C)C)[C@]3(C)O2)cc1. The second kappa shape index (κ2) is 13.4. The van der Waals surface area contributed by atoms with Crippen molar-refractivity contribution < 1.29 is 28.4 Å². The summed E-state index contributed by atoms with van der Waals surface area (Å²) in [6.07, 6.45) is 5.17. The molecule has 3 amide bonds. The Hall–Kier alpha value is -2.59. The fourth-order valence-corrected chi connectivity index (χ4v) is 7.25. The van der Waals surface area contributed by atoms with Crippen molar-refractivity contribution in [3.63, 3.8) is 0 Å². The maximum absolute atomic E-state index is 13.9. The second-order valence-corrected chi connectivity index (χ2v) is 15.3. The molecule has 3 N–H and O–H groups in total. The van der Waals surface area contributed by atoms with Gasteiger partial charge in [-0.2, -0.15) is 0 Å². The number of alkyl carbamates (subject to hydrolysis) is 1. The summed E-state index contributed by atoms with van der Waals surface area (Å²) >= 11 is 0. The van der Waals surface area contributed by atoms with Gasteiger partial charge < -0.3 is 30.0 Å². The Morgan fingerprint density at radius 1 is 1.07 bits per heavy atom. The van der Waals surface area contributed by atoms with E-state index in [0.29, 0.717) is 23.8 Å². The molecule has 6 atom stereocenters. The van der Waals surface area contributed by atoms with Gasteiger partial charge in [0.05, 0.1) is 24.2 Å². The number of ether oxygens (including phenoxy) is 1. The lowest BCUT2D eigenvalue weighted by molar-refractivity contribution is -0.199. The van der Waals surface area contributed by atoms with Crippen LogP contribution in [0.4, 0.5) is 4.79 Å². The highest BCUT2D eigenvalue weighted by Gasteiger charge is 2.68. The van der Waals surface area contributed by atoms with Crippen molar-refractivity contribution in [3.05, 3.63) is 35.4 Å². The lowest BCUT2D eigenvalue weighted by Gasteiger charge is -2.64. The number of hydrogen-bond donors (Lipinski definition) is 3.